The van der Waals surface area contributed by atoms with E-state index in [4.69, 9.17) is 4.74 Å². The zero-order valence-corrected chi connectivity index (χ0v) is 12.6. The van der Waals surface area contributed by atoms with Crippen LogP contribution in [0.15, 0.2) is 27.4 Å². The molecule has 1 aliphatic carbocycles. The molecule has 0 spiro atoms. The summed E-state index contributed by atoms with van der Waals surface area (Å²) in [6.07, 6.45) is 2.71. The molecule has 0 saturated heterocycles. The summed E-state index contributed by atoms with van der Waals surface area (Å²) >= 11 is 1.29. The number of nitrogens with one attached hydrogen (secondary N) is 1. The summed E-state index contributed by atoms with van der Waals surface area (Å²) in [4.78, 5) is 38.6. The number of ketones is 2. The predicted octanol–water partition coefficient (Wildman–Crippen LogP) is 0.474. The van der Waals surface area contributed by atoms with E-state index in [0.29, 0.717) is 23.7 Å². The lowest BCUT2D eigenvalue weighted by Crippen LogP contribution is -2.26. The molecule has 0 atom stereocenters. The molecule has 1 N–H and O–H groups in total. The van der Waals surface area contributed by atoms with Gasteiger partial charge in [0, 0.05) is 18.4 Å². The van der Waals surface area contributed by atoms with Crippen molar-refractivity contribution in [2.45, 2.75) is 6.42 Å². The first kappa shape index (κ1) is 16.2. The van der Waals surface area contributed by atoms with Crippen molar-refractivity contribution >= 4 is 35.6 Å². The van der Waals surface area contributed by atoms with Crippen LogP contribution >= 0.6 is 11.8 Å². The minimum atomic E-state index is -0.557. The van der Waals surface area contributed by atoms with Gasteiger partial charge >= 0.3 is 12.3 Å². The number of Topliss-reactive ketones (excluding diaryl/α,β-unsaturated/α-hetero) is 1. The minimum Gasteiger partial charge on any atom is -0.453 e. The Bertz CT molecular complexity index is 632. The molecule has 1 heterocycles. The molecule has 2 aliphatic rings. The highest BCUT2D eigenvalue weighted by atomic mass is 32.2. The number of carbonyl (C=O) groups excluding carboxylic acids is 3. The standard InChI is InChI=1S/C13H13N3O5S/c1-20-13(19)14-7-21-3-2-4-22-10-5-9(17)11-8(12(10)18)6-15-16-11/h5-6H,2-4,7H2,1H3/p+1. The summed E-state index contributed by atoms with van der Waals surface area (Å²) in [7, 11) is 1.27. The molecule has 1 amide bonds. The highest BCUT2D eigenvalue weighted by molar-refractivity contribution is 8.04. The van der Waals surface area contributed by atoms with E-state index in [-0.39, 0.29) is 29.6 Å². The molecule has 0 bridgehead atoms. The van der Waals surface area contributed by atoms with Crippen LogP contribution in [0.25, 0.3) is 0 Å². The van der Waals surface area contributed by atoms with Gasteiger partial charge in [0.15, 0.2) is 0 Å². The Morgan fingerprint density at radius 2 is 2.27 bits per heavy atom. The summed E-state index contributed by atoms with van der Waals surface area (Å²) in [5, 5.41) is 6.01. The number of amides is 1. The van der Waals surface area contributed by atoms with Crippen LogP contribution in [0, 0.1) is 0 Å². The second-order valence-corrected chi connectivity index (χ2v) is 5.37. The molecule has 116 valence electrons. The van der Waals surface area contributed by atoms with Crippen molar-refractivity contribution in [3.63, 3.8) is 0 Å². The summed E-state index contributed by atoms with van der Waals surface area (Å²) in [6, 6.07) is 0. The summed E-state index contributed by atoms with van der Waals surface area (Å²) in [5.74, 6) is 0.0889. The number of methoxy groups -OCH3 is 1. The van der Waals surface area contributed by atoms with E-state index in [0.717, 1.165) is 0 Å². The molecule has 0 aromatic rings. The fourth-order valence-electron chi connectivity index (χ4n) is 1.70. The van der Waals surface area contributed by atoms with Gasteiger partial charge in [-0.1, -0.05) is 0 Å². The first-order valence-electron chi connectivity index (χ1n) is 6.45. The van der Waals surface area contributed by atoms with Gasteiger partial charge in [-0.15, -0.1) is 11.8 Å². The van der Waals surface area contributed by atoms with E-state index in [1.54, 1.807) is 0 Å². The van der Waals surface area contributed by atoms with E-state index in [2.05, 4.69) is 20.0 Å². The third kappa shape index (κ3) is 3.91. The summed E-state index contributed by atoms with van der Waals surface area (Å²) in [6.45, 7) is 0.475. The van der Waals surface area contributed by atoms with Crippen LogP contribution in [0.4, 0.5) is 4.79 Å². The minimum absolute atomic E-state index is 0.0612. The van der Waals surface area contributed by atoms with E-state index in [9.17, 15) is 14.4 Å². The maximum absolute atomic E-state index is 12.1. The molecular formula is C13H14N3O5S+. The Hall–Kier alpha value is -2.22. The van der Waals surface area contributed by atoms with Gasteiger partial charge in [0.25, 0.3) is 0 Å². The Morgan fingerprint density at radius 3 is 3.05 bits per heavy atom. The predicted molar refractivity (Wildman–Crippen MR) is 77.3 cm³/mol. The zero-order valence-electron chi connectivity index (χ0n) is 11.8. The molecule has 9 heteroatoms. The van der Waals surface area contributed by atoms with E-state index in [1.807, 2.05) is 0 Å². The van der Waals surface area contributed by atoms with Gasteiger partial charge in [0.2, 0.25) is 17.3 Å². The third-order valence-corrected chi connectivity index (χ3v) is 3.87. The molecule has 0 aromatic carbocycles. The molecule has 1 aliphatic heterocycles. The normalized spacial score (nSPS) is 16.0. The largest absolute Gasteiger partial charge is 0.453 e. The Balaban J connectivity index is 1.67. The number of thioether (sulfide) groups is 1. The smallest absolute Gasteiger partial charge is 0.408 e. The fourth-order valence-corrected chi connectivity index (χ4v) is 2.61. The first-order chi connectivity index (χ1) is 10.6. The fraction of sp³-hybridized carbons (Fsp3) is 0.385. The number of nitrogens with zero attached hydrogens (tertiary/aromatic N) is 2. The van der Waals surface area contributed by atoms with E-state index in [1.165, 1.54) is 31.2 Å². The van der Waals surface area contributed by atoms with Crippen LogP contribution in [0.3, 0.4) is 0 Å². The van der Waals surface area contributed by atoms with Gasteiger partial charge in [0.05, 0.1) is 16.8 Å². The monoisotopic (exact) mass is 324 g/mol. The molecule has 8 nitrogen and oxygen atoms in total. The van der Waals surface area contributed by atoms with Crippen molar-refractivity contribution in [1.82, 2.24) is 5.32 Å². The third-order valence-electron chi connectivity index (χ3n) is 2.76. The molecule has 0 fully saturated rings. The lowest BCUT2D eigenvalue weighted by Gasteiger charge is -2.09. The second-order valence-electron chi connectivity index (χ2n) is 4.23. The van der Waals surface area contributed by atoms with Crippen LogP contribution < -0.4 is 5.32 Å². The Kier molecular flexibility index (Phi) is 5.65. The highest BCUT2D eigenvalue weighted by Gasteiger charge is 2.35. The van der Waals surface area contributed by atoms with Gasteiger partial charge in [0.1, 0.15) is 17.4 Å². The van der Waals surface area contributed by atoms with Crippen LogP contribution in [-0.2, 0) is 19.1 Å². The van der Waals surface area contributed by atoms with Crippen molar-refractivity contribution in [2.24, 2.45) is 5.11 Å². The van der Waals surface area contributed by atoms with Crippen LogP contribution in [0.1, 0.15) is 6.42 Å². The molecular weight excluding hydrogens is 310 g/mol. The molecule has 0 saturated carbocycles. The average Bonchev–Trinajstić information content (AvgIpc) is 3.01. The van der Waals surface area contributed by atoms with Gasteiger partial charge < -0.3 is 9.47 Å². The van der Waals surface area contributed by atoms with Gasteiger partial charge in [-0.3, -0.25) is 14.9 Å². The quantitative estimate of drug-likeness (QED) is 0.316. The highest BCUT2D eigenvalue weighted by Crippen LogP contribution is 2.28. The van der Waals surface area contributed by atoms with Crippen molar-refractivity contribution < 1.29 is 28.6 Å². The van der Waals surface area contributed by atoms with Gasteiger partial charge in [-0.25, -0.2) is 4.79 Å². The number of alkyl carbamates (subject to hydrolysis) is 1. The lowest BCUT2D eigenvalue weighted by atomic mass is 10.0. The Labute approximate surface area is 130 Å². The van der Waals surface area contributed by atoms with Gasteiger partial charge in [-0.2, -0.15) is 0 Å². The summed E-state index contributed by atoms with van der Waals surface area (Å²) < 4.78 is 9.55. The number of hydrogen-bond donors (Lipinski definition) is 1. The number of carbonyl (C=O) groups is 3. The topological polar surface area (TPSA) is 108 Å². The summed E-state index contributed by atoms with van der Waals surface area (Å²) in [5.41, 5.74) is 0.375. The van der Waals surface area contributed by atoms with Crippen LogP contribution in [0.2, 0.25) is 0 Å². The van der Waals surface area contributed by atoms with Crippen molar-refractivity contribution in [3.8, 4) is 0 Å². The van der Waals surface area contributed by atoms with Crippen molar-refractivity contribution in [2.75, 3.05) is 26.2 Å². The van der Waals surface area contributed by atoms with E-state index >= 15 is 0 Å². The SMILES string of the molecule is COC(=O)NCOCCCSC1=CC(=O)C2=C(C=[N+]=N2)C1=O. The Morgan fingerprint density at radius 1 is 1.45 bits per heavy atom. The van der Waals surface area contributed by atoms with Crippen LogP contribution in [-0.4, -0.2) is 54.9 Å². The number of hydrogen-bond acceptors (Lipinski definition) is 7. The van der Waals surface area contributed by atoms with Crippen molar-refractivity contribution in [1.29, 1.82) is 0 Å². The lowest BCUT2D eigenvalue weighted by molar-refractivity contribution is -0.116. The molecule has 0 aromatic heterocycles. The van der Waals surface area contributed by atoms with Crippen molar-refractivity contribution in [3.05, 3.63) is 22.3 Å². The van der Waals surface area contributed by atoms with Crippen LogP contribution in [0.5, 0.6) is 0 Å². The maximum atomic E-state index is 12.1. The molecule has 2 rings (SSSR count). The number of ether oxygens (including phenoxy) is 2. The zero-order chi connectivity index (χ0) is 15.9. The first-order valence-corrected chi connectivity index (χ1v) is 7.43. The second kappa shape index (κ2) is 7.69. The molecule has 0 radical (unpaired) electrons. The molecule has 0 unspecified atom stereocenters. The average molecular weight is 324 g/mol. The number of allylic oxidation sites excluding steroid dienone is 3. The van der Waals surface area contributed by atoms with Gasteiger partial charge in [-0.05, 0) is 6.42 Å². The molecule has 22 heavy (non-hydrogen) atoms. The maximum Gasteiger partial charge on any atom is 0.408 e. The number of rotatable bonds is 7. The van der Waals surface area contributed by atoms with E-state index < -0.39 is 6.09 Å².